The largest absolute Gasteiger partial charge is 0.381 e. The van der Waals surface area contributed by atoms with Crippen molar-refractivity contribution in [1.82, 2.24) is 9.80 Å². The molecule has 154 valence electrons. The fourth-order valence-corrected chi connectivity index (χ4v) is 4.98. The first-order chi connectivity index (χ1) is 13.8. The number of carbonyl (C=O) groups excluding carboxylic acids is 1. The molecule has 28 heavy (non-hydrogen) atoms. The number of hydrogen-bond donors (Lipinski definition) is 1. The molecular formula is C23H35N3O2. The second-order valence-electron chi connectivity index (χ2n) is 8.66. The van der Waals surface area contributed by atoms with Crippen LogP contribution in [0.1, 0.15) is 50.5 Å². The molecule has 0 spiro atoms. The molecule has 5 nitrogen and oxygen atoms in total. The predicted molar refractivity (Wildman–Crippen MR) is 112 cm³/mol. The van der Waals surface area contributed by atoms with Gasteiger partial charge >= 0.3 is 0 Å². The van der Waals surface area contributed by atoms with Crippen LogP contribution >= 0.6 is 0 Å². The van der Waals surface area contributed by atoms with Crippen LogP contribution in [0.5, 0.6) is 0 Å². The minimum Gasteiger partial charge on any atom is -0.381 e. The molecule has 3 aliphatic heterocycles. The summed E-state index contributed by atoms with van der Waals surface area (Å²) < 4.78 is 5.51. The first-order valence-corrected chi connectivity index (χ1v) is 11.2. The van der Waals surface area contributed by atoms with Gasteiger partial charge in [-0.1, -0.05) is 24.6 Å². The van der Waals surface area contributed by atoms with E-state index >= 15 is 0 Å². The Balaban J connectivity index is 1.36. The number of benzene rings is 1. The number of piperidine rings is 2. The molecule has 3 fully saturated rings. The smallest absolute Gasteiger partial charge is 0.228 e. The standard InChI is InChI=1S/C23H35N3O2/c27-23(20-8-6-14-26(18-20)21-10-15-28-16-11-21)24-22-9-3-2-7-19(22)17-25-12-4-1-5-13-25/h2-3,7,9,20-21H,1,4-6,8,10-18H2,(H,24,27). The summed E-state index contributed by atoms with van der Waals surface area (Å²) >= 11 is 0. The van der Waals surface area contributed by atoms with Gasteiger partial charge in [-0.15, -0.1) is 0 Å². The van der Waals surface area contributed by atoms with Gasteiger partial charge < -0.3 is 10.1 Å². The third-order valence-electron chi connectivity index (χ3n) is 6.65. The quantitative estimate of drug-likeness (QED) is 0.843. The Morgan fingerprint density at radius 2 is 1.79 bits per heavy atom. The fourth-order valence-electron chi connectivity index (χ4n) is 4.98. The van der Waals surface area contributed by atoms with Crippen LogP contribution in [-0.4, -0.2) is 61.1 Å². The number of likely N-dealkylation sites (tertiary alicyclic amines) is 2. The molecule has 0 saturated carbocycles. The van der Waals surface area contributed by atoms with Crippen molar-refractivity contribution in [3.63, 3.8) is 0 Å². The van der Waals surface area contributed by atoms with E-state index in [2.05, 4.69) is 33.3 Å². The van der Waals surface area contributed by atoms with Gasteiger partial charge in [0.1, 0.15) is 0 Å². The zero-order valence-corrected chi connectivity index (χ0v) is 17.1. The Morgan fingerprint density at radius 3 is 2.61 bits per heavy atom. The Labute approximate surface area is 169 Å². The van der Waals surface area contributed by atoms with E-state index in [0.29, 0.717) is 6.04 Å². The van der Waals surface area contributed by atoms with E-state index in [-0.39, 0.29) is 11.8 Å². The van der Waals surface area contributed by atoms with Crippen molar-refractivity contribution in [3.8, 4) is 0 Å². The van der Waals surface area contributed by atoms with Gasteiger partial charge in [0.25, 0.3) is 0 Å². The first-order valence-electron chi connectivity index (χ1n) is 11.2. The van der Waals surface area contributed by atoms with E-state index in [4.69, 9.17) is 4.74 Å². The van der Waals surface area contributed by atoms with Crippen LogP contribution in [-0.2, 0) is 16.1 Å². The number of hydrogen-bond acceptors (Lipinski definition) is 4. The molecule has 0 radical (unpaired) electrons. The van der Waals surface area contributed by atoms with Gasteiger partial charge in [-0.05, 0) is 69.8 Å². The predicted octanol–water partition coefficient (Wildman–Crippen LogP) is 3.50. The molecular weight excluding hydrogens is 350 g/mol. The van der Waals surface area contributed by atoms with E-state index < -0.39 is 0 Å². The molecule has 1 aromatic rings. The highest BCUT2D eigenvalue weighted by atomic mass is 16.5. The van der Waals surface area contributed by atoms with Gasteiger partial charge in [-0.3, -0.25) is 14.6 Å². The summed E-state index contributed by atoms with van der Waals surface area (Å²) in [4.78, 5) is 18.1. The molecule has 3 saturated heterocycles. The molecule has 0 aromatic heterocycles. The van der Waals surface area contributed by atoms with Crippen molar-refractivity contribution >= 4 is 11.6 Å². The minimum atomic E-state index is 0.0969. The Hall–Kier alpha value is -1.43. The van der Waals surface area contributed by atoms with Crippen LogP contribution in [0.4, 0.5) is 5.69 Å². The van der Waals surface area contributed by atoms with E-state index in [1.807, 2.05) is 6.07 Å². The molecule has 3 aliphatic rings. The number of rotatable bonds is 5. The van der Waals surface area contributed by atoms with Crippen molar-refractivity contribution in [2.75, 3.05) is 44.7 Å². The molecule has 0 bridgehead atoms. The van der Waals surface area contributed by atoms with E-state index in [1.165, 1.54) is 37.9 Å². The minimum absolute atomic E-state index is 0.0969. The average Bonchev–Trinajstić information content (AvgIpc) is 2.76. The Bertz CT molecular complexity index is 638. The van der Waals surface area contributed by atoms with Crippen LogP contribution in [0.2, 0.25) is 0 Å². The van der Waals surface area contributed by atoms with Gasteiger partial charge in [-0.2, -0.15) is 0 Å². The third kappa shape index (κ3) is 5.13. The molecule has 5 heteroatoms. The van der Waals surface area contributed by atoms with Crippen LogP contribution in [0, 0.1) is 5.92 Å². The second-order valence-corrected chi connectivity index (χ2v) is 8.66. The van der Waals surface area contributed by atoms with Gasteiger partial charge in [0.05, 0.1) is 5.92 Å². The summed E-state index contributed by atoms with van der Waals surface area (Å²) in [6, 6.07) is 8.94. The molecule has 1 N–H and O–H groups in total. The lowest BCUT2D eigenvalue weighted by Gasteiger charge is -2.39. The SMILES string of the molecule is O=C(Nc1ccccc1CN1CCCCC1)C1CCCN(C2CCOCC2)C1. The van der Waals surface area contributed by atoms with Gasteiger partial charge in [0, 0.05) is 38.0 Å². The van der Waals surface area contributed by atoms with Gasteiger partial charge in [0.2, 0.25) is 5.91 Å². The number of amides is 1. The third-order valence-corrected chi connectivity index (χ3v) is 6.65. The summed E-state index contributed by atoms with van der Waals surface area (Å²) in [5.74, 6) is 0.294. The fraction of sp³-hybridized carbons (Fsp3) is 0.696. The highest BCUT2D eigenvalue weighted by Gasteiger charge is 2.30. The number of para-hydroxylation sites is 1. The number of carbonyl (C=O) groups is 1. The molecule has 1 amide bonds. The number of anilines is 1. The summed E-state index contributed by atoms with van der Waals surface area (Å²) in [5.41, 5.74) is 2.25. The number of nitrogens with zero attached hydrogens (tertiary/aromatic N) is 2. The average molecular weight is 386 g/mol. The number of ether oxygens (including phenoxy) is 1. The Morgan fingerprint density at radius 1 is 1.00 bits per heavy atom. The highest BCUT2D eigenvalue weighted by Crippen LogP contribution is 2.25. The van der Waals surface area contributed by atoms with Crippen molar-refractivity contribution in [2.45, 2.75) is 57.5 Å². The first kappa shape index (κ1) is 19.9. The van der Waals surface area contributed by atoms with Crippen molar-refractivity contribution in [2.24, 2.45) is 5.92 Å². The van der Waals surface area contributed by atoms with Crippen molar-refractivity contribution < 1.29 is 9.53 Å². The van der Waals surface area contributed by atoms with Gasteiger partial charge in [-0.25, -0.2) is 0 Å². The van der Waals surface area contributed by atoms with E-state index in [0.717, 1.165) is 64.2 Å². The lowest BCUT2D eigenvalue weighted by molar-refractivity contribution is -0.122. The monoisotopic (exact) mass is 385 g/mol. The molecule has 3 heterocycles. The lowest BCUT2D eigenvalue weighted by atomic mass is 9.94. The van der Waals surface area contributed by atoms with Crippen LogP contribution in [0.3, 0.4) is 0 Å². The zero-order valence-electron chi connectivity index (χ0n) is 17.1. The van der Waals surface area contributed by atoms with E-state index in [1.54, 1.807) is 0 Å². The normalized spacial score (nSPS) is 25.5. The molecule has 1 aromatic carbocycles. The van der Waals surface area contributed by atoms with Crippen molar-refractivity contribution in [3.05, 3.63) is 29.8 Å². The topological polar surface area (TPSA) is 44.8 Å². The maximum Gasteiger partial charge on any atom is 0.228 e. The van der Waals surface area contributed by atoms with E-state index in [9.17, 15) is 4.79 Å². The molecule has 1 unspecified atom stereocenters. The van der Waals surface area contributed by atoms with Crippen LogP contribution in [0.15, 0.2) is 24.3 Å². The number of nitrogens with one attached hydrogen (secondary N) is 1. The molecule has 4 rings (SSSR count). The maximum absolute atomic E-state index is 13.1. The molecule has 0 aliphatic carbocycles. The highest BCUT2D eigenvalue weighted by molar-refractivity contribution is 5.93. The zero-order chi connectivity index (χ0) is 19.2. The van der Waals surface area contributed by atoms with Crippen molar-refractivity contribution in [1.29, 1.82) is 0 Å². The van der Waals surface area contributed by atoms with Gasteiger partial charge in [0.15, 0.2) is 0 Å². The Kier molecular flexibility index (Phi) is 7.00. The summed E-state index contributed by atoms with van der Waals surface area (Å²) in [6.45, 7) is 7.03. The maximum atomic E-state index is 13.1. The molecule has 1 atom stereocenters. The lowest BCUT2D eigenvalue weighted by Crippen LogP contribution is -2.47. The van der Waals surface area contributed by atoms with Crippen LogP contribution < -0.4 is 5.32 Å². The van der Waals surface area contributed by atoms with Crippen LogP contribution in [0.25, 0.3) is 0 Å². The second kappa shape index (κ2) is 9.86. The summed E-state index contributed by atoms with van der Waals surface area (Å²) in [5, 5.41) is 3.28. The summed E-state index contributed by atoms with van der Waals surface area (Å²) in [6.07, 6.45) is 8.25. The summed E-state index contributed by atoms with van der Waals surface area (Å²) in [7, 11) is 0.